The van der Waals surface area contributed by atoms with Gasteiger partial charge in [0.15, 0.2) is 5.69 Å². The Morgan fingerprint density at radius 1 is 1.26 bits per heavy atom. The monoisotopic (exact) mass is 439 g/mol. The van der Waals surface area contributed by atoms with Crippen LogP contribution in [0, 0.1) is 11.3 Å². The molecular weight excluding hydrogens is 406 g/mol. The molecule has 1 amide bonds. The predicted octanol–water partition coefficient (Wildman–Crippen LogP) is -0.113. The molecule has 0 spiro atoms. The number of nitrogens with zero attached hydrogens (tertiary/aromatic N) is 3. The smallest absolute Gasteiger partial charge is 0.300 e. The van der Waals surface area contributed by atoms with Gasteiger partial charge in [-0.05, 0) is 20.0 Å². The zero-order valence-electron chi connectivity index (χ0n) is 18.6. The van der Waals surface area contributed by atoms with Crippen LogP contribution in [-0.4, -0.2) is 101 Å². The van der Waals surface area contributed by atoms with E-state index in [4.69, 9.17) is 24.5 Å². The number of aromatic nitrogens is 2. The largest absolute Gasteiger partial charge is 0.481 e. The van der Waals surface area contributed by atoms with Gasteiger partial charge in [-0.2, -0.15) is 5.10 Å². The standard InChI is InChI=1S/C16H25N5O2.2C2H4O2/c1-20(2)9-16-8-17-5-11(16)6-21(10-16)15(22)14-12-7-23-4-3-13(12)18-19-14;2*1-2(3)4/h11,17H,3-10H2,1-2H3,(H,18,19);2*1H3,(H,3,4). The van der Waals surface area contributed by atoms with Crippen molar-refractivity contribution in [2.24, 2.45) is 11.3 Å². The van der Waals surface area contributed by atoms with Crippen LogP contribution in [-0.2, 0) is 27.4 Å². The highest BCUT2D eigenvalue weighted by Gasteiger charge is 2.51. The van der Waals surface area contributed by atoms with E-state index >= 15 is 0 Å². The van der Waals surface area contributed by atoms with E-state index in [1.807, 2.05) is 4.90 Å². The number of carboxylic acids is 2. The summed E-state index contributed by atoms with van der Waals surface area (Å²) >= 11 is 0. The van der Waals surface area contributed by atoms with Crippen LogP contribution in [0.25, 0.3) is 0 Å². The summed E-state index contributed by atoms with van der Waals surface area (Å²) in [6.45, 7) is 7.99. The second-order valence-electron chi connectivity index (χ2n) is 8.48. The molecule has 0 aromatic carbocycles. The minimum absolute atomic E-state index is 0.0560. The van der Waals surface area contributed by atoms with Gasteiger partial charge in [0.1, 0.15) is 0 Å². The second kappa shape index (κ2) is 10.7. The average molecular weight is 440 g/mol. The highest BCUT2D eigenvalue weighted by Crippen LogP contribution is 2.40. The van der Waals surface area contributed by atoms with Crippen molar-refractivity contribution >= 4 is 17.8 Å². The van der Waals surface area contributed by atoms with Gasteiger partial charge in [-0.1, -0.05) is 0 Å². The van der Waals surface area contributed by atoms with Crippen molar-refractivity contribution in [3.8, 4) is 0 Å². The number of H-pyrrole nitrogens is 1. The summed E-state index contributed by atoms with van der Waals surface area (Å²) in [5, 5.41) is 25.7. The van der Waals surface area contributed by atoms with Crippen LogP contribution in [0.1, 0.15) is 35.6 Å². The molecule has 4 N–H and O–H groups in total. The lowest BCUT2D eigenvalue weighted by atomic mass is 9.80. The van der Waals surface area contributed by atoms with E-state index in [9.17, 15) is 4.79 Å². The Kier molecular flexibility index (Phi) is 8.54. The van der Waals surface area contributed by atoms with Gasteiger partial charge in [-0.3, -0.25) is 19.5 Å². The summed E-state index contributed by atoms with van der Waals surface area (Å²) in [7, 11) is 4.21. The van der Waals surface area contributed by atoms with E-state index in [0.717, 1.165) is 64.2 Å². The molecule has 1 aromatic heterocycles. The quantitative estimate of drug-likeness (QED) is 0.506. The predicted molar refractivity (Wildman–Crippen MR) is 112 cm³/mol. The number of rotatable bonds is 3. The molecule has 1 aromatic rings. The fourth-order valence-electron chi connectivity index (χ4n) is 4.47. The van der Waals surface area contributed by atoms with Gasteiger partial charge in [0, 0.05) is 69.7 Å². The maximum atomic E-state index is 13.0. The van der Waals surface area contributed by atoms with Gasteiger partial charge in [0.2, 0.25) is 0 Å². The molecule has 2 unspecified atom stereocenters. The molecule has 4 rings (SSSR count). The topological polar surface area (TPSA) is 148 Å². The first kappa shape index (κ1) is 24.8. The van der Waals surface area contributed by atoms with Crippen LogP contribution in [0.3, 0.4) is 0 Å². The highest BCUT2D eigenvalue weighted by molar-refractivity contribution is 5.94. The summed E-state index contributed by atoms with van der Waals surface area (Å²) in [6.07, 6.45) is 0.812. The van der Waals surface area contributed by atoms with E-state index in [1.54, 1.807) is 0 Å². The van der Waals surface area contributed by atoms with Crippen LogP contribution in [0.2, 0.25) is 0 Å². The van der Waals surface area contributed by atoms with E-state index in [-0.39, 0.29) is 11.3 Å². The summed E-state index contributed by atoms with van der Waals surface area (Å²) in [5.41, 5.74) is 2.75. The number of carboxylic acid groups (broad SMARTS) is 2. The van der Waals surface area contributed by atoms with Gasteiger partial charge < -0.3 is 30.1 Å². The first-order valence-corrected chi connectivity index (χ1v) is 10.2. The average Bonchev–Trinajstić information content (AvgIpc) is 3.31. The first-order chi connectivity index (χ1) is 14.6. The van der Waals surface area contributed by atoms with Gasteiger partial charge >= 0.3 is 0 Å². The Labute approximate surface area is 181 Å². The molecule has 2 atom stereocenters. The van der Waals surface area contributed by atoms with Crippen LogP contribution in [0.5, 0.6) is 0 Å². The number of carbonyl (C=O) groups excluding carboxylic acids is 1. The van der Waals surface area contributed by atoms with Crippen LogP contribution < -0.4 is 5.32 Å². The fourth-order valence-corrected chi connectivity index (χ4v) is 4.47. The number of fused-ring (bicyclic) bond motifs is 2. The SMILES string of the molecule is CC(=O)O.CC(=O)O.CN(C)CC12CNCC1CN(C(=O)c1n[nH]c3c1COCC3)C2. The van der Waals surface area contributed by atoms with Gasteiger partial charge in [-0.25, -0.2) is 0 Å². The molecule has 11 nitrogen and oxygen atoms in total. The molecule has 3 aliphatic heterocycles. The molecule has 2 fully saturated rings. The number of likely N-dealkylation sites (tertiary alicyclic amines) is 1. The van der Waals surface area contributed by atoms with Gasteiger partial charge in [0.25, 0.3) is 17.8 Å². The maximum absolute atomic E-state index is 13.0. The minimum Gasteiger partial charge on any atom is -0.481 e. The molecule has 2 saturated heterocycles. The van der Waals surface area contributed by atoms with Crippen molar-refractivity contribution < 1.29 is 29.3 Å². The van der Waals surface area contributed by atoms with Gasteiger partial charge in [-0.15, -0.1) is 0 Å². The zero-order valence-corrected chi connectivity index (χ0v) is 18.6. The molecule has 3 aliphatic rings. The van der Waals surface area contributed by atoms with Crippen molar-refractivity contribution in [2.75, 3.05) is 53.4 Å². The first-order valence-electron chi connectivity index (χ1n) is 10.2. The summed E-state index contributed by atoms with van der Waals surface area (Å²) < 4.78 is 5.51. The lowest BCUT2D eigenvalue weighted by Gasteiger charge is -2.31. The van der Waals surface area contributed by atoms with Crippen molar-refractivity contribution in [1.82, 2.24) is 25.3 Å². The Morgan fingerprint density at radius 3 is 2.52 bits per heavy atom. The maximum Gasteiger partial charge on any atom is 0.300 e. The second-order valence-corrected chi connectivity index (χ2v) is 8.48. The molecule has 0 aliphatic carbocycles. The van der Waals surface area contributed by atoms with Crippen molar-refractivity contribution in [2.45, 2.75) is 26.9 Å². The van der Waals surface area contributed by atoms with E-state index < -0.39 is 11.9 Å². The molecule has 4 heterocycles. The Bertz CT molecular complexity index is 775. The molecule has 11 heteroatoms. The zero-order chi connectivity index (χ0) is 23.2. The number of amides is 1. The molecule has 31 heavy (non-hydrogen) atoms. The number of carbonyl (C=O) groups is 3. The number of hydrogen-bond acceptors (Lipinski definition) is 7. The fraction of sp³-hybridized carbons (Fsp3) is 0.700. The number of aromatic amines is 1. The van der Waals surface area contributed by atoms with E-state index in [2.05, 4.69) is 34.5 Å². The van der Waals surface area contributed by atoms with Crippen LogP contribution >= 0.6 is 0 Å². The molecule has 0 bridgehead atoms. The Balaban J connectivity index is 0.000000370. The Morgan fingerprint density at radius 2 is 1.90 bits per heavy atom. The number of hydrogen-bond donors (Lipinski definition) is 4. The van der Waals surface area contributed by atoms with Gasteiger partial charge in [0.05, 0.1) is 13.2 Å². The molecule has 0 radical (unpaired) electrons. The van der Waals surface area contributed by atoms with E-state index in [0.29, 0.717) is 24.8 Å². The lowest BCUT2D eigenvalue weighted by molar-refractivity contribution is -0.135. The summed E-state index contributed by atoms with van der Waals surface area (Å²) in [4.78, 5) is 35.2. The molecule has 0 saturated carbocycles. The molecule has 174 valence electrons. The third-order valence-electron chi connectivity index (χ3n) is 5.50. The summed E-state index contributed by atoms with van der Waals surface area (Å²) in [5.74, 6) is -1.08. The number of aliphatic carboxylic acids is 2. The number of nitrogens with one attached hydrogen (secondary N) is 2. The van der Waals surface area contributed by atoms with Crippen molar-refractivity contribution in [3.63, 3.8) is 0 Å². The third kappa shape index (κ3) is 6.49. The lowest BCUT2D eigenvalue weighted by Crippen LogP contribution is -2.42. The van der Waals surface area contributed by atoms with Crippen LogP contribution in [0.4, 0.5) is 0 Å². The summed E-state index contributed by atoms with van der Waals surface area (Å²) in [6, 6.07) is 0. The number of ether oxygens (including phenoxy) is 1. The van der Waals surface area contributed by atoms with E-state index in [1.165, 1.54) is 0 Å². The molecular formula is C20H33N5O6. The Hall–Kier alpha value is -2.50. The van der Waals surface area contributed by atoms with Crippen molar-refractivity contribution in [3.05, 3.63) is 17.0 Å². The highest BCUT2D eigenvalue weighted by atomic mass is 16.5. The third-order valence-corrected chi connectivity index (χ3v) is 5.50. The minimum atomic E-state index is -0.833. The normalized spacial score (nSPS) is 23.8. The van der Waals surface area contributed by atoms with Crippen molar-refractivity contribution in [1.29, 1.82) is 0 Å². The van der Waals surface area contributed by atoms with Crippen LogP contribution in [0.15, 0.2) is 0 Å².